The number of halogens is 2. The number of nitrogens with zero attached hydrogens (tertiary/aromatic N) is 1. The van der Waals surface area contributed by atoms with Crippen LogP contribution in [0.1, 0.15) is 11.2 Å². The molecule has 0 unspecified atom stereocenters. The van der Waals surface area contributed by atoms with Crippen molar-refractivity contribution in [2.75, 3.05) is 6.26 Å². The molecule has 1 atom stereocenters. The van der Waals surface area contributed by atoms with E-state index in [1.165, 1.54) is 12.3 Å². The van der Waals surface area contributed by atoms with Gasteiger partial charge in [-0.3, -0.25) is 4.98 Å². The lowest BCUT2D eigenvalue weighted by atomic mass is 10.4. The summed E-state index contributed by atoms with van der Waals surface area (Å²) in [5, 5.41) is 0. The quantitative estimate of drug-likeness (QED) is 0.822. The van der Waals surface area contributed by atoms with E-state index in [-0.39, 0.29) is 5.69 Å². The van der Waals surface area contributed by atoms with Crippen molar-refractivity contribution in [1.29, 1.82) is 0 Å². The maximum Gasteiger partial charge on any atom is 0.242 e. The molecule has 0 spiro atoms. The second-order valence-electron chi connectivity index (χ2n) is 2.55. The van der Waals surface area contributed by atoms with Crippen LogP contribution < -0.4 is 0 Å². The molecule has 72 valence electrons. The summed E-state index contributed by atoms with van der Waals surface area (Å²) in [7, 11) is -3.71. The Morgan fingerprint density at radius 2 is 2.15 bits per heavy atom. The Morgan fingerprint density at radius 3 is 2.54 bits per heavy atom. The van der Waals surface area contributed by atoms with Crippen LogP contribution in [0.15, 0.2) is 22.8 Å². The van der Waals surface area contributed by atoms with E-state index < -0.39 is 15.3 Å². The number of alkyl halides is 1. The Labute approximate surface area is 84.0 Å². The lowest BCUT2D eigenvalue weighted by Gasteiger charge is -2.04. The molecule has 0 saturated heterocycles. The van der Waals surface area contributed by atoms with Crippen molar-refractivity contribution in [2.24, 2.45) is 0 Å². The molecule has 0 N–H and O–H groups in total. The van der Waals surface area contributed by atoms with Crippen LogP contribution in [0.25, 0.3) is 0 Å². The number of hydrogen-bond donors (Lipinski definition) is 0. The van der Waals surface area contributed by atoms with E-state index in [0.29, 0.717) is 4.47 Å². The number of pyridine rings is 1. The van der Waals surface area contributed by atoms with Crippen LogP contribution in [-0.4, -0.2) is 19.7 Å². The minimum Gasteiger partial charge on any atom is -0.256 e. The molecule has 1 heterocycles. The molecule has 6 heteroatoms. The van der Waals surface area contributed by atoms with Crippen molar-refractivity contribution in [2.45, 2.75) is 5.50 Å². The highest BCUT2D eigenvalue weighted by Gasteiger charge is 2.22. The van der Waals surface area contributed by atoms with Crippen molar-refractivity contribution in [1.82, 2.24) is 4.98 Å². The maximum atomic E-state index is 13.1. The normalized spacial score (nSPS) is 14.1. The van der Waals surface area contributed by atoms with Gasteiger partial charge in [-0.25, -0.2) is 12.8 Å². The minimum absolute atomic E-state index is 0.0919. The fourth-order valence-electron chi connectivity index (χ4n) is 0.741. The summed E-state index contributed by atoms with van der Waals surface area (Å²) in [4.78, 5) is 3.64. The van der Waals surface area contributed by atoms with E-state index in [9.17, 15) is 12.8 Å². The van der Waals surface area contributed by atoms with Gasteiger partial charge < -0.3 is 0 Å². The van der Waals surface area contributed by atoms with Crippen LogP contribution >= 0.6 is 15.9 Å². The van der Waals surface area contributed by atoms with E-state index in [2.05, 4.69) is 20.9 Å². The zero-order valence-corrected chi connectivity index (χ0v) is 9.14. The Bertz CT molecular complexity index is 389. The first-order valence-electron chi connectivity index (χ1n) is 3.35. The van der Waals surface area contributed by atoms with Crippen molar-refractivity contribution in [3.63, 3.8) is 0 Å². The number of aromatic nitrogens is 1. The summed E-state index contributed by atoms with van der Waals surface area (Å²) in [6.45, 7) is 0. The zero-order valence-electron chi connectivity index (χ0n) is 6.74. The molecule has 0 aliphatic carbocycles. The van der Waals surface area contributed by atoms with Crippen LogP contribution in [0.4, 0.5) is 4.39 Å². The van der Waals surface area contributed by atoms with Crippen LogP contribution in [0.5, 0.6) is 0 Å². The third kappa shape index (κ3) is 2.73. The largest absolute Gasteiger partial charge is 0.256 e. The Kier molecular flexibility index (Phi) is 3.02. The predicted molar refractivity (Wildman–Crippen MR) is 50.6 cm³/mol. The summed E-state index contributed by atoms with van der Waals surface area (Å²) in [6, 6.07) is 2.87. The molecular formula is C7H7BrFNO2S. The van der Waals surface area contributed by atoms with Crippen molar-refractivity contribution < 1.29 is 12.8 Å². The molecule has 0 amide bonds. The third-order valence-corrected chi connectivity index (χ3v) is 2.82. The van der Waals surface area contributed by atoms with Gasteiger partial charge in [-0.2, -0.15) is 0 Å². The Balaban J connectivity index is 3.04. The van der Waals surface area contributed by atoms with Gasteiger partial charge >= 0.3 is 0 Å². The second kappa shape index (κ2) is 3.71. The molecule has 0 radical (unpaired) electrons. The Morgan fingerprint density at radius 1 is 1.54 bits per heavy atom. The lowest BCUT2D eigenvalue weighted by Crippen LogP contribution is -2.07. The van der Waals surface area contributed by atoms with Gasteiger partial charge in [0.25, 0.3) is 0 Å². The number of sulfone groups is 1. The van der Waals surface area contributed by atoms with Gasteiger partial charge in [-0.05, 0) is 28.1 Å². The molecule has 1 aromatic heterocycles. The van der Waals surface area contributed by atoms with E-state index in [1.807, 2.05) is 0 Å². The van der Waals surface area contributed by atoms with Gasteiger partial charge in [0.1, 0.15) is 0 Å². The first-order valence-corrected chi connectivity index (χ1v) is 6.10. The smallest absolute Gasteiger partial charge is 0.242 e. The molecule has 0 bridgehead atoms. The maximum absolute atomic E-state index is 13.1. The van der Waals surface area contributed by atoms with E-state index in [0.717, 1.165) is 6.26 Å². The highest BCUT2D eigenvalue weighted by atomic mass is 79.9. The first-order chi connectivity index (χ1) is 5.91. The highest BCUT2D eigenvalue weighted by molar-refractivity contribution is 9.10. The zero-order chi connectivity index (χ0) is 10.1. The minimum atomic E-state index is -3.71. The molecule has 3 nitrogen and oxygen atoms in total. The molecule has 13 heavy (non-hydrogen) atoms. The van der Waals surface area contributed by atoms with Crippen LogP contribution in [0.2, 0.25) is 0 Å². The van der Waals surface area contributed by atoms with E-state index in [4.69, 9.17) is 0 Å². The standard InChI is InChI=1S/C7H7BrFNO2S/c1-13(11,12)7(9)6-3-2-5(8)4-10-6/h2-4,7H,1H3/t7-/m1/s1. The monoisotopic (exact) mass is 267 g/mol. The van der Waals surface area contributed by atoms with Crippen LogP contribution in [0.3, 0.4) is 0 Å². The molecule has 1 aromatic rings. The topological polar surface area (TPSA) is 47.0 Å². The van der Waals surface area contributed by atoms with E-state index in [1.54, 1.807) is 6.07 Å². The fourth-order valence-corrected chi connectivity index (χ4v) is 1.55. The molecule has 0 aromatic carbocycles. The summed E-state index contributed by atoms with van der Waals surface area (Å²) >= 11 is 3.11. The second-order valence-corrected chi connectivity index (χ2v) is 5.54. The van der Waals surface area contributed by atoms with Gasteiger partial charge in [-0.15, -0.1) is 0 Å². The van der Waals surface area contributed by atoms with Gasteiger partial charge in [-0.1, -0.05) is 0 Å². The van der Waals surface area contributed by atoms with Gasteiger partial charge in [0, 0.05) is 16.9 Å². The van der Waals surface area contributed by atoms with Crippen LogP contribution in [0, 0.1) is 0 Å². The average Bonchev–Trinajstić information content (AvgIpc) is 2.03. The highest BCUT2D eigenvalue weighted by Crippen LogP contribution is 2.21. The van der Waals surface area contributed by atoms with Gasteiger partial charge in [0.15, 0.2) is 9.84 Å². The molecule has 0 aliphatic heterocycles. The Hall–Kier alpha value is -0.490. The molecule has 0 saturated carbocycles. The number of hydrogen-bond acceptors (Lipinski definition) is 3. The number of rotatable bonds is 2. The molecule has 1 rings (SSSR count). The van der Waals surface area contributed by atoms with Gasteiger partial charge in [0.05, 0.1) is 5.69 Å². The predicted octanol–water partition coefficient (Wildman–Crippen LogP) is 1.86. The molecule has 0 fully saturated rings. The van der Waals surface area contributed by atoms with Gasteiger partial charge in [0.2, 0.25) is 5.50 Å². The van der Waals surface area contributed by atoms with Crippen molar-refractivity contribution in [3.8, 4) is 0 Å². The summed E-state index contributed by atoms with van der Waals surface area (Å²) < 4.78 is 35.4. The van der Waals surface area contributed by atoms with Crippen molar-refractivity contribution >= 4 is 25.8 Å². The average molecular weight is 268 g/mol. The first kappa shape index (κ1) is 10.6. The molecule has 0 aliphatic rings. The SMILES string of the molecule is CS(=O)(=O)[C@@H](F)c1ccc(Br)cn1. The van der Waals surface area contributed by atoms with Crippen molar-refractivity contribution in [3.05, 3.63) is 28.5 Å². The third-order valence-electron chi connectivity index (χ3n) is 1.36. The molecular weight excluding hydrogens is 261 g/mol. The fraction of sp³-hybridized carbons (Fsp3) is 0.286. The van der Waals surface area contributed by atoms with Crippen LogP contribution in [-0.2, 0) is 9.84 Å². The lowest BCUT2D eigenvalue weighted by molar-refractivity contribution is 0.426. The summed E-state index contributed by atoms with van der Waals surface area (Å²) in [5.74, 6) is 0. The summed E-state index contributed by atoms with van der Waals surface area (Å²) in [6.07, 6.45) is 2.19. The summed E-state index contributed by atoms with van der Waals surface area (Å²) in [5.41, 5.74) is -2.13. The van der Waals surface area contributed by atoms with E-state index >= 15 is 0 Å².